The van der Waals surface area contributed by atoms with E-state index in [1.54, 1.807) is 24.3 Å². The van der Waals surface area contributed by atoms with Crippen molar-refractivity contribution in [2.75, 3.05) is 19.0 Å². The molecule has 0 aliphatic carbocycles. The molecule has 27 heavy (non-hydrogen) atoms. The fraction of sp³-hybridized carbons (Fsp3) is 0.412. The number of benzene rings is 1. The number of nitrogens with one attached hydrogen (secondary N) is 3. The lowest BCUT2D eigenvalue weighted by Crippen LogP contribution is -2.52. The van der Waals surface area contributed by atoms with E-state index >= 15 is 0 Å². The number of esters is 1. The Morgan fingerprint density at radius 2 is 2.19 bits per heavy atom. The molecule has 1 aliphatic heterocycles. The maximum Gasteiger partial charge on any atom is 0.360 e. The highest BCUT2D eigenvalue weighted by molar-refractivity contribution is 5.90. The van der Waals surface area contributed by atoms with Crippen molar-refractivity contribution in [1.82, 2.24) is 25.6 Å². The molecule has 10 heteroatoms. The Labute approximate surface area is 163 Å². The van der Waals surface area contributed by atoms with Gasteiger partial charge in [0.05, 0.1) is 19.0 Å². The summed E-state index contributed by atoms with van der Waals surface area (Å²) in [5.41, 5.74) is 1.40. The van der Waals surface area contributed by atoms with Crippen molar-refractivity contribution < 1.29 is 14.3 Å². The second kappa shape index (κ2) is 9.33. The summed E-state index contributed by atoms with van der Waals surface area (Å²) in [5.74, 6) is -0.555. The lowest BCUT2D eigenvalue weighted by molar-refractivity contribution is 0.0594. The first-order valence-corrected chi connectivity index (χ1v) is 8.49. The molecule has 3 rings (SSSR count). The summed E-state index contributed by atoms with van der Waals surface area (Å²) in [4.78, 5) is 23.7. The number of rotatable bonds is 4. The molecule has 1 saturated heterocycles. The number of nitrogens with zero attached hydrogens (tertiary/aromatic N) is 3. The summed E-state index contributed by atoms with van der Waals surface area (Å²) in [7, 11) is 1.28. The summed E-state index contributed by atoms with van der Waals surface area (Å²) >= 11 is 0. The fourth-order valence-corrected chi connectivity index (χ4v) is 2.89. The first-order chi connectivity index (χ1) is 12.6. The van der Waals surface area contributed by atoms with Crippen molar-refractivity contribution >= 4 is 30.1 Å². The van der Waals surface area contributed by atoms with E-state index in [0.29, 0.717) is 11.4 Å². The molecular formula is C17H23ClN6O3. The van der Waals surface area contributed by atoms with Gasteiger partial charge in [0.2, 0.25) is 0 Å². The molecule has 2 aromatic rings. The Bertz CT molecular complexity index is 796. The number of hydrogen-bond donors (Lipinski definition) is 3. The number of amides is 2. The van der Waals surface area contributed by atoms with E-state index in [9.17, 15) is 9.59 Å². The summed E-state index contributed by atoms with van der Waals surface area (Å²) in [6.45, 7) is 3.04. The molecule has 146 valence electrons. The predicted octanol–water partition coefficient (Wildman–Crippen LogP) is 1.74. The van der Waals surface area contributed by atoms with Gasteiger partial charge >= 0.3 is 12.0 Å². The molecule has 1 aliphatic rings. The van der Waals surface area contributed by atoms with Gasteiger partial charge in [0.15, 0.2) is 5.69 Å². The summed E-state index contributed by atoms with van der Waals surface area (Å²) in [6.07, 6.45) is 3.47. The first-order valence-electron chi connectivity index (χ1n) is 8.49. The molecule has 9 nitrogen and oxygen atoms in total. The Hall–Kier alpha value is -2.65. The second-order valence-corrected chi connectivity index (χ2v) is 6.18. The van der Waals surface area contributed by atoms with Gasteiger partial charge in [0, 0.05) is 17.8 Å². The summed E-state index contributed by atoms with van der Waals surface area (Å²) in [5, 5.41) is 16.9. The van der Waals surface area contributed by atoms with Crippen molar-refractivity contribution in [2.45, 2.75) is 31.8 Å². The zero-order chi connectivity index (χ0) is 18.5. The van der Waals surface area contributed by atoms with E-state index < -0.39 is 5.97 Å². The number of methoxy groups -OCH3 is 1. The van der Waals surface area contributed by atoms with Crippen molar-refractivity contribution in [2.24, 2.45) is 0 Å². The van der Waals surface area contributed by atoms with Gasteiger partial charge in [0.1, 0.15) is 0 Å². The van der Waals surface area contributed by atoms with Crippen LogP contribution in [0.1, 0.15) is 30.3 Å². The van der Waals surface area contributed by atoms with Crippen molar-refractivity contribution in [3.05, 3.63) is 36.2 Å². The average Bonchev–Trinajstić information content (AvgIpc) is 3.13. The minimum Gasteiger partial charge on any atom is -0.464 e. The highest BCUT2D eigenvalue weighted by Crippen LogP contribution is 2.15. The van der Waals surface area contributed by atoms with E-state index in [0.717, 1.165) is 19.4 Å². The van der Waals surface area contributed by atoms with Gasteiger partial charge in [-0.25, -0.2) is 14.3 Å². The van der Waals surface area contributed by atoms with Crippen LogP contribution in [0.25, 0.3) is 5.69 Å². The second-order valence-electron chi connectivity index (χ2n) is 6.18. The van der Waals surface area contributed by atoms with Crippen LogP contribution in [-0.2, 0) is 4.74 Å². The average molecular weight is 395 g/mol. The van der Waals surface area contributed by atoms with E-state index in [2.05, 4.69) is 37.9 Å². The van der Waals surface area contributed by atoms with Crippen molar-refractivity contribution in [3.8, 4) is 5.69 Å². The molecular weight excluding hydrogens is 372 g/mol. The molecule has 0 saturated carbocycles. The zero-order valence-corrected chi connectivity index (χ0v) is 16.0. The number of urea groups is 1. The van der Waals surface area contributed by atoms with Gasteiger partial charge < -0.3 is 20.7 Å². The Morgan fingerprint density at radius 1 is 1.37 bits per heavy atom. The number of anilines is 1. The van der Waals surface area contributed by atoms with E-state index in [1.807, 2.05) is 0 Å². The van der Waals surface area contributed by atoms with Gasteiger partial charge in [-0.2, -0.15) is 0 Å². The van der Waals surface area contributed by atoms with Gasteiger partial charge in [-0.3, -0.25) is 0 Å². The number of ether oxygens (including phenoxy) is 1. The monoisotopic (exact) mass is 394 g/mol. The minimum atomic E-state index is -0.555. The van der Waals surface area contributed by atoms with E-state index in [1.165, 1.54) is 18.0 Å². The molecule has 0 bridgehead atoms. The molecule has 2 heterocycles. The van der Waals surface area contributed by atoms with E-state index in [4.69, 9.17) is 0 Å². The lowest BCUT2D eigenvalue weighted by atomic mass is 10.0. The third-order valence-electron chi connectivity index (χ3n) is 4.33. The third-order valence-corrected chi connectivity index (χ3v) is 4.33. The first kappa shape index (κ1) is 20.7. The van der Waals surface area contributed by atoms with Crippen LogP contribution in [0.15, 0.2) is 30.5 Å². The maximum absolute atomic E-state index is 12.3. The van der Waals surface area contributed by atoms with Gasteiger partial charge in [-0.1, -0.05) is 11.3 Å². The fourth-order valence-electron chi connectivity index (χ4n) is 2.89. The Morgan fingerprint density at radius 3 is 2.93 bits per heavy atom. The summed E-state index contributed by atoms with van der Waals surface area (Å²) in [6, 6.07) is 7.21. The Balaban J connectivity index is 0.00000261. The third kappa shape index (κ3) is 5.18. The van der Waals surface area contributed by atoms with Crippen LogP contribution in [0, 0.1) is 0 Å². The molecule has 0 radical (unpaired) electrons. The normalized spacial score (nSPS) is 18.9. The standard InChI is InChI=1S/C17H22N6O3.ClH/c1-11-14(7-4-8-18-11)20-17(25)19-12-5-3-6-13(9-12)23-10-15(21-22-23)16(24)26-2;/h3,5-6,9-11,14,18H,4,7-8H2,1-2H3,(H2,19,20,25);1H. The highest BCUT2D eigenvalue weighted by atomic mass is 35.5. The zero-order valence-electron chi connectivity index (χ0n) is 15.1. The lowest BCUT2D eigenvalue weighted by Gasteiger charge is -2.30. The van der Waals surface area contributed by atoms with Gasteiger partial charge in [0.25, 0.3) is 0 Å². The van der Waals surface area contributed by atoms with Gasteiger partial charge in [-0.05, 0) is 44.5 Å². The highest BCUT2D eigenvalue weighted by Gasteiger charge is 2.22. The van der Waals surface area contributed by atoms with Crippen LogP contribution in [0.3, 0.4) is 0 Å². The summed E-state index contributed by atoms with van der Waals surface area (Å²) < 4.78 is 6.06. The molecule has 1 fully saturated rings. The predicted molar refractivity (Wildman–Crippen MR) is 103 cm³/mol. The number of carbonyl (C=O) groups excluding carboxylic acids is 2. The molecule has 2 atom stereocenters. The molecule has 1 aromatic carbocycles. The van der Waals surface area contributed by atoms with E-state index in [-0.39, 0.29) is 36.2 Å². The molecule has 1 aromatic heterocycles. The van der Waals surface area contributed by atoms with Crippen LogP contribution in [0.5, 0.6) is 0 Å². The van der Waals surface area contributed by atoms with Crippen LogP contribution in [-0.4, -0.2) is 52.7 Å². The quantitative estimate of drug-likeness (QED) is 0.681. The van der Waals surface area contributed by atoms with Crippen LogP contribution >= 0.6 is 12.4 Å². The van der Waals surface area contributed by atoms with Crippen LogP contribution in [0.4, 0.5) is 10.5 Å². The number of hydrogen-bond acceptors (Lipinski definition) is 6. The van der Waals surface area contributed by atoms with Crippen LogP contribution < -0.4 is 16.0 Å². The number of halogens is 1. The van der Waals surface area contributed by atoms with Gasteiger partial charge in [-0.15, -0.1) is 17.5 Å². The number of carbonyl (C=O) groups is 2. The Kier molecular flexibility index (Phi) is 7.14. The smallest absolute Gasteiger partial charge is 0.360 e. The number of aromatic nitrogens is 3. The molecule has 0 spiro atoms. The SMILES string of the molecule is COC(=O)c1cn(-c2cccc(NC(=O)NC3CCCNC3C)c2)nn1.Cl. The van der Waals surface area contributed by atoms with Crippen molar-refractivity contribution in [3.63, 3.8) is 0 Å². The minimum absolute atomic E-state index is 0. The van der Waals surface area contributed by atoms with Crippen LogP contribution in [0.2, 0.25) is 0 Å². The van der Waals surface area contributed by atoms with Crippen molar-refractivity contribution in [1.29, 1.82) is 0 Å². The molecule has 3 N–H and O–H groups in total. The maximum atomic E-state index is 12.3. The topological polar surface area (TPSA) is 110 Å². The number of piperidine rings is 1. The largest absolute Gasteiger partial charge is 0.464 e. The molecule has 2 unspecified atom stereocenters. The molecule has 2 amide bonds.